The van der Waals surface area contributed by atoms with Gasteiger partial charge in [-0.15, -0.1) is 0 Å². The van der Waals surface area contributed by atoms with Gasteiger partial charge in [-0.2, -0.15) is 5.26 Å². The summed E-state index contributed by atoms with van der Waals surface area (Å²) in [6.45, 7) is 1.90. The number of nitriles is 1. The summed E-state index contributed by atoms with van der Waals surface area (Å²) in [6, 6.07) is 3.74. The number of ether oxygens (including phenoxy) is 1. The van der Waals surface area contributed by atoms with E-state index < -0.39 is 23.1 Å². The van der Waals surface area contributed by atoms with Gasteiger partial charge in [0, 0.05) is 0 Å². The van der Waals surface area contributed by atoms with Crippen molar-refractivity contribution in [2.24, 2.45) is 0 Å². The van der Waals surface area contributed by atoms with Gasteiger partial charge in [0.2, 0.25) is 0 Å². The lowest BCUT2D eigenvalue weighted by Gasteiger charge is -2.04. The minimum Gasteiger partial charge on any atom is -0.506 e. The number of benzene rings is 1. The number of phenolic OH excluding ortho intramolecular Hbond substituents is 1. The fourth-order valence-corrected chi connectivity index (χ4v) is 1.24. The first-order valence-electron chi connectivity index (χ1n) is 4.65. The molecule has 0 bridgehead atoms. The summed E-state index contributed by atoms with van der Waals surface area (Å²) in [5.74, 6) is -1.82. The predicted octanol–water partition coefficient (Wildman–Crippen LogP) is 1.51. The average molecular weight is 223 g/mol. The van der Waals surface area contributed by atoms with Gasteiger partial charge < -0.3 is 9.84 Å². The molecule has 0 amide bonds. The molecule has 0 saturated carbocycles. The molecule has 0 aliphatic heterocycles. The van der Waals surface area contributed by atoms with Crippen molar-refractivity contribution < 1.29 is 19.0 Å². The molecule has 0 radical (unpaired) electrons. The summed E-state index contributed by atoms with van der Waals surface area (Å²) in [5.41, 5.74) is -0.153. The van der Waals surface area contributed by atoms with Crippen LogP contribution in [0.3, 0.4) is 0 Å². The third kappa shape index (κ3) is 2.70. The topological polar surface area (TPSA) is 70.3 Å². The van der Waals surface area contributed by atoms with E-state index in [1.807, 2.05) is 0 Å². The van der Waals surface area contributed by atoms with Crippen molar-refractivity contribution in [2.75, 3.05) is 6.61 Å². The van der Waals surface area contributed by atoms with E-state index in [9.17, 15) is 14.3 Å². The average Bonchev–Trinajstić information content (AvgIpc) is 2.17. The second-order valence-corrected chi connectivity index (χ2v) is 3.07. The zero-order valence-electron chi connectivity index (χ0n) is 8.66. The number of esters is 1. The van der Waals surface area contributed by atoms with Crippen molar-refractivity contribution in [2.45, 2.75) is 13.3 Å². The van der Waals surface area contributed by atoms with Crippen molar-refractivity contribution in [1.82, 2.24) is 0 Å². The normalized spacial score (nSPS) is 9.56. The fourth-order valence-electron chi connectivity index (χ4n) is 1.24. The highest BCUT2D eigenvalue weighted by atomic mass is 19.1. The first-order valence-corrected chi connectivity index (χ1v) is 4.65. The molecule has 0 unspecified atom stereocenters. The van der Waals surface area contributed by atoms with E-state index >= 15 is 0 Å². The molecule has 0 fully saturated rings. The Morgan fingerprint density at radius 1 is 1.62 bits per heavy atom. The fraction of sp³-hybridized carbons (Fsp3) is 0.273. The maximum atomic E-state index is 13.2. The maximum absolute atomic E-state index is 13.2. The molecular formula is C11H10FNO3. The van der Waals surface area contributed by atoms with Gasteiger partial charge in [0.25, 0.3) is 0 Å². The van der Waals surface area contributed by atoms with Crippen LogP contribution in [0.1, 0.15) is 18.1 Å². The van der Waals surface area contributed by atoms with Crippen molar-refractivity contribution in [3.8, 4) is 11.8 Å². The molecule has 1 rings (SSSR count). The van der Waals surface area contributed by atoms with Gasteiger partial charge in [-0.25, -0.2) is 4.39 Å². The number of rotatable bonds is 3. The predicted molar refractivity (Wildman–Crippen MR) is 53.1 cm³/mol. The Morgan fingerprint density at radius 3 is 2.81 bits per heavy atom. The highest BCUT2D eigenvalue weighted by Crippen LogP contribution is 2.22. The summed E-state index contributed by atoms with van der Waals surface area (Å²) in [4.78, 5) is 11.1. The molecule has 0 aliphatic rings. The van der Waals surface area contributed by atoms with Crippen LogP contribution in [0.25, 0.3) is 0 Å². The Labute approximate surface area is 91.9 Å². The van der Waals surface area contributed by atoms with Crippen molar-refractivity contribution in [1.29, 1.82) is 5.26 Å². The number of carbonyl (C=O) groups excluding carboxylic acids is 1. The van der Waals surface area contributed by atoms with E-state index in [4.69, 9.17) is 5.26 Å². The van der Waals surface area contributed by atoms with Crippen LogP contribution in [0.4, 0.5) is 4.39 Å². The maximum Gasteiger partial charge on any atom is 0.310 e. The smallest absolute Gasteiger partial charge is 0.310 e. The molecule has 1 aromatic carbocycles. The lowest BCUT2D eigenvalue weighted by molar-refractivity contribution is -0.142. The van der Waals surface area contributed by atoms with Gasteiger partial charge in [-0.3, -0.25) is 4.79 Å². The van der Waals surface area contributed by atoms with Crippen LogP contribution >= 0.6 is 0 Å². The number of aromatic hydroxyl groups is 1. The largest absolute Gasteiger partial charge is 0.506 e. The molecule has 0 spiro atoms. The lowest BCUT2D eigenvalue weighted by Crippen LogP contribution is -2.07. The van der Waals surface area contributed by atoms with Crippen LogP contribution in [-0.4, -0.2) is 17.7 Å². The first kappa shape index (κ1) is 12.0. The lowest BCUT2D eigenvalue weighted by atomic mass is 10.1. The van der Waals surface area contributed by atoms with Crippen molar-refractivity contribution in [3.63, 3.8) is 0 Å². The van der Waals surface area contributed by atoms with E-state index in [1.54, 1.807) is 6.92 Å². The van der Waals surface area contributed by atoms with Crippen LogP contribution in [-0.2, 0) is 16.0 Å². The summed E-state index contributed by atoms with van der Waals surface area (Å²) in [6.07, 6.45) is -0.135. The SMILES string of the molecule is CCOC(=O)Cc1cc(O)c(C#N)c(F)c1. The molecule has 0 aliphatic carbocycles. The molecule has 1 N–H and O–H groups in total. The summed E-state index contributed by atoms with van der Waals surface area (Å²) < 4.78 is 17.9. The van der Waals surface area contributed by atoms with Gasteiger partial charge in [-0.05, 0) is 24.6 Å². The Hall–Kier alpha value is -2.09. The quantitative estimate of drug-likeness (QED) is 0.788. The molecular weight excluding hydrogens is 213 g/mol. The minimum atomic E-state index is -0.846. The molecule has 0 atom stereocenters. The third-order valence-corrected chi connectivity index (χ3v) is 1.89. The number of hydrogen-bond acceptors (Lipinski definition) is 4. The Morgan fingerprint density at radius 2 is 2.31 bits per heavy atom. The van der Waals surface area contributed by atoms with Gasteiger partial charge in [0.05, 0.1) is 13.0 Å². The number of carbonyl (C=O) groups is 1. The molecule has 0 aromatic heterocycles. The summed E-state index contributed by atoms with van der Waals surface area (Å²) in [5, 5.41) is 17.8. The van der Waals surface area contributed by atoms with Crippen molar-refractivity contribution >= 4 is 5.97 Å². The molecule has 0 saturated heterocycles. The summed E-state index contributed by atoms with van der Waals surface area (Å²) >= 11 is 0. The molecule has 1 aromatic rings. The van der Waals surface area contributed by atoms with Gasteiger partial charge >= 0.3 is 5.97 Å². The number of nitrogens with zero attached hydrogens (tertiary/aromatic N) is 1. The van der Waals surface area contributed by atoms with E-state index in [0.717, 1.165) is 6.07 Å². The molecule has 4 nitrogen and oxygen atoms in total. The molecule has 16 heavy (non-hydrogen) atoms. The zero-order valence-corrected chi connectivity index (χ0v) is 8.66. The number of hydrogen-bond donors (Lipinski definition) is 1. The number of halogens is 1. The van der Waals surface area contributed by atoms with Gasteiger partial charge in [-0.1, -0.05) is 0 Å². The minimum absolute atomic E-state index is 0.135. The highest BCUT2D eigenvalue weighted by Gasteiger charge is 2.12. The monoisotopic (exact) mass is 223 g/mol. The summed E-state index contributed by atoms with van der Waals surface area (Å²) in [7, 11) is 0. The second kappa shape index (κ2) is 5.12. The Kier molecular flexibility index (Phi) is 3.84. The van der Waals surface area contributed by atoms with E-state index in [0.29, 0.717) is 0 Å². The van der Waals surface area contributed by atoms with Gasteiger partial charge in [0.15, 0.2) is 0 Å². The first-order chi connectivity index (χ1) is 7.58. The van der Waals surface area contributed by atoms with Crippen LogP contribution in [0.5, 0.6) is 5.75 Å². The standard InChI is InChI=1S/C11H10FNO3/c1-2-16-11(15)5-7-3-9(12)8(6-13)10(14)4-7/h3-4,14H,2,5H2,1H3. The Balaban J connectivity index is 2.93. The van der Waals surface area contributed by atoms with Crippen LogP contribution in [0.2, 0.25) is 0 Å². The highest BCUT2D eigenvalue weighted by molar-refractivity contribution is 5.72. The third-order valence-electron chi connectivity index (χ3n) is 1.89. The number of phenols is 1. The Bertz CT molecular complexity index is 428. The van der Waals surface area contributed by atoms with Crippen molar-refractivity contribution in [3.05, 3.63) is 29.1 Å². The van der Waals surface area contributed by atoms with Gasteiger partial charge in [0.1, 0.15) is 23.2 Å². The zero-order chi connectivity index (χ0) is 12.1. The van der Waals surface area contributed by atoms with Crippen LogP contribution < -0.4 is 0 Å². The molecule has 84 valence electrons. The second-order valence-electron chi connectivity index (χ2n) is 3.07. The molecule has 5 heteroatoms. The van der Waals surface area contributed by atoms with E-state index in [-0.39, 0.29) is 18.6 Å². The molecule has 0 heterocycles. The van der Waals surface area contributed by atoms with E-state index in [1.165, 1.54) is 12.1 Å². The van der Waals surface area contributed by atoms with Crippen LogP contribution in [0, 0.1) is 17.1 Å². The van der Waals surface area contributed by atoms with E-state index in [2.05, 4.69) is 4.74 Å². The van der Waals surface area contributed by atoms with Crippen LogP contribution in [0.15, 0.2) is 12.1 Å².